The molecular formula is C22H27NO2. The molecule has 1 amide bonds. The molecular weight excluding hydrogens is 310 g/mol. The molecule has 1 saturated carbocycles. The van der Waals surface area contributed by atoms with Gasteiger partial charge in [0.05, 0.1) is 6.10 Å². The van der Waals surface area contributed by atoms with Crippen molar-refractivity contribution in [3.63, 3.8) is 0 Å². The molecule has 25 heavy (non-hydrogen) atoms. The van der Waals surface area contributed by atoms with Gasteiger partial charge in [-0.05, 0) is 67.9 Å². The molecule has 1 aliphatic rings. The van der Waals surface area contributed by atoms with Crippen LogP contribution in [0.3, 0.4) is 0 Å². The van der Waals surface area contributed by atoms with Crippen molar-refractivity contribution >= 4 is 11.6 Å². The van der Waals surface area contributed by atoms with E-state index in [2.05, 4.69) is 30.4 Å². The summed E-state index contributed by atoms with van der Waals surface area (Å²) in [5.41, 5.74) is 3.24. The first kappa shape index (κ1) is 17.5. The average Bonchev–Trinajstić information content (AvgIpc) is 3.14. The number of hydrogen-bond acceptors (Lipinski definition) is 2. The molecule has 0 aromatic heterocycles. The number of carbonyl (C=O) groups is 1. The van der Waals surface area contributed by atoms with Crippen molar-refractivity contribution in [3.8, 4) is 5.75 Å². The van der Waals surface area contributed by atoms with E-state index in [1.165, 1.54) is 18.4 Å². The third-order valence-electron chi connectivity index (χ3n) is 4.82. The molecule has 3 nitrogen and oxygen atoms in total. The molecule has 0 aliphatic heterocycles. The quantitative estimate of drug-likeness (QED) is 0.759. The van der Waals surface area contributed by atoms with Gasteiger partial charge in [-0.25, -0.2) is 0 Å². The topological polar surface area (TPSA) is 38.3 Å². The standard InChI is InChI=1S/C22H27NO2/c1-2-18-9-3-6-13-21(18)23-22(24)15-14-17-8-7-12-20(16-17)25-19-10-4-5-11-19/h3,6-9,12-13,16,19H,2,4-5,10-11,14-15H2,1H3,(H,23,24). The molecule has 2 aromatic carbocycles. The maximum atomic E-state index is 12.3. The van der Waals surface area contributed by atoms with Gasteiger partial charge in [0, 0.05) is 12.1 Å². The first-order valence-electron chi connectivity index (χ1n) is 9.38. The van der Waals surface area contributed by atoms with Crippen LogP contribution in [-0.2, 0) is 17.6 Å². The van der Waals surface area contributed by atoms with Gasteiger partial charge in [0.15, 0.2) is 0 Å². The Labute approximate surface area is 150 Å². The molecule has 3 heteroatoms. The molecule has 2 aromatic rings. The van der Waals surface area contributed by atoms with Crippen LogP contribution in [0.4, 0.5) is 5.69 Å². The van der Waals surface area contributed by atoms with Gasteiger partial charge in [-0.1, -0.05) is 37.3 Å². The van der Waals surface area contributed by atoms with Gasteiger partial charge in [-0.2, -0.15) is 0 Å². The zero-order valence-corrected chi connectivity index (χ0v) is 15.0. The molecule has 0 heterocycles. The summed E-state index contributed by atoms with van der Waals surface area (Å²) in [5.74, 6) is 0.990. The van der Waals surface area contributed by atoms with E-state index in [1.807, 2.05) is 30.3 Å². The molecule has 0 saturated heterocycles. The van der Waals surface area contributed by atoms with Crippen LogP contribution in [0.1, 0.15) is 50.2 Å². The largest absolute Gasteiger partial charge is 0.490 e. The zero-order valence-electron chi connectivity index (χ0n) is 15.0. The zero-order chi connectivity index (χ0) is 17.5. The van der Waals surface area contributed by atoms with E-state index in [0.29, 0.717) is 12.5 Å². The number of rotatable bonds is 7. The number of benzene rings is 2. The summed E-state index contributed by atoms with van der Waals surface area (Å²) in [6, 6.07) is 16.2. The third kappa shape index (κ3) is 5.09. The SMILES string of the molecule is CCc1ccccc1NC(=O)CCc1cccc(OC2CCCC2)c1. The highest BCUT2D eigenvalue weighted by molar-refractivity contribution is 5.91. The predicted molar refractivity (Wildman–Crippen MR) is 102 cm³/mol. The summed E-state index contributed by atoms with van der Waals surface area (Å²) in [5, 5.41) is 3.03. The number of nitrogens with one attached hydrogen (secondary N) is 1. The van der Waals surface area contributed by atoms with Gasteiger partial charge >= 0.3 is 0 Å². The Morgan fingerprint density at radius 1 is 1.12 bits per heavy atom. The summed E-state index contributed by atoms with van der Waals surface area (Å²) in [6.07, 6.45) is 7.33. The summed E-state index contributed by atoms with van der Waals surface area (Å²) < 4.78 is 6.05. The first-order valence-corrected chi connectivity index (χ1v) is 9.38. The van der Waals surface area contributed by atoms with Crippen LogP contribution >= 0.6 is 0 Å². The van der Waals surface area contributed by atoms with E-state index in [1.54, 1.807) is 0 Å². The average molecular weight is 337 g/mol. The molecule has 1 N–H and O–H groups in total. The van der Waals surface area contributed by atoms with Gasteiger partial charge in [0.25, 0.3) is 0 Å². The summed E-state index contributed by atoms with van der Waals surface area (Å²) in [7, 11) is 0. The fraction of sp³-hybridized carbons (Fsp3) is 0.409. The van der Waals surface area contributed by atoms with Gasteiger partial charge in [0.2, 0.25) is 5.91 Å². The molecule has 0 atom stereocenters. The minimum Gasteiger partial charge on any atom is -0.490 e. The minimum atomic E-state index is 0.0583. The molecule has 132 valence electrons. The number of hydrogen-bond donors (Lipinski definition) is 1. The predicted octanol–water partition coefficient (Wildman–Crippen LogP) is 5.14. The molecule has 3 rings (SSSR count). The normalized spacial score (nSPS) is 14.4. The van der Waals surface area contributed by atoms with Gasteiger partial charge in [-0.15, -0.1) is 0 Å². The Morgan fingerprint density at radius 2 is 1.92 bits per heavy atom. The number of ether oxygens (including phenoxy) is 1. The van der Waals surface area contributed by atoms with Crippen molar-refractivity contribution in [1.29, 1.82) is 0 Å². The number of para-hydroxylation sites is 1. The van der Waals surface area contributed by atoms with Gasteiger partial charge in [-0.3, -0.25) is 4.79 Å². The maximum Gasteiger partial charge on any atom is 0.224 e. The third-order valence-corrected chi connectivity index (χ3v) is 4.82. The van der Waals surface area contributed by atoms with Crippen molar-refractivity contribution in [1.82, 2.24) is 0 Å². The van der Waals surface area contributed by atoms with Crippen LogP contribution in [0.2, 0.25) is 0 Å². The molecule has 0 bridgehead atoms. The van der Waals surface area contributed by atoms with Crippen molar-refractivity contribution in [2.75, 3.05) is 5.32 Å². The smallest absolute Gasteiger partial charge is 0.224 e. The number of anilines is 1. The Kier molecular flexibility index (Phi) is 6.10. The fourth-order valence-corrected chi connectivity index (χ4v) is 3.39. The highest BCUT2D eigenvalue weighted by Crippen LogP contribution is 2.25. The molecule has 0 radical (unpaired) electrons. The van der Waals surface area contributed by atoms with Crippen LogP contribution in [-0.4, -0.2) is 12.0 Å². The highest BCUT2D eigenvalue weighted by Gasteiger charge is 2.16. The Morgan fingerprint density at radius 3 is 2.72 bits per heavy atom. The molecule has 0 spiro atoms. The molecule has 1 aliphatic carbocycles. The van der Waals surface area contributed by atoms with E-state index in [4.69, 9.17) is 4.74 Å². The van der Waals surface area contributed by atoms with Crippen LogP contribution in [0, 0.1) is 0 Å². The summed E-state index contributed by atoms with van der Waals surface area (Å²) in [6.45, 7) is 2.10. The van der Waals surface area contributed by atoms with E-state index in [-0.39, 0.29) is 5.91 Å². The second kappa shape index (κ2) is 8.70. The molecule has 1 fully saturated rings. The number of amides is 1. The van der Waals surface area contributed by atoms with Gasteiger partial charge in [0.1, 0.15) is 5.75 Å². The van der Waals surface area contributed by atoms with Crippen LogP contribution in [0.25, 0.3) is 0 Å². The minimum absolute atomic E-state index is 0.0583. The Hall–Kier alpha value is -2.29. The number of carbonyl (C=O) groups excluding carboxylic acids is 1. The lowest BCUT2D eigenvalue weighted by molar-refractivity contribution is -0.116. The second-order valence-corrected chi connectivity index (χ2v) is 6.73. The fourth-order valence-electron chi connectivity index (χ4n) is 3.39. The Balaban J connectivity index is 1.53. The lowest BCUT2D eigenvalue weighted by Crippen LogP contribution is -2.14. The number of aryl methyl sites for hydroxylation is 2. The lowest BCUT2D eigenvalue weighted by Gasteiger charge is -2.14. The van der Waals surface area contributed by atoms with Crippen molar-refractivity contribution in [3.05, 3.63) is 59.7 Å². The summed E-state index contributed by atoms with van der Waals surface area (Å²) in [4.78, 5) is 12.3. The van der Waals surface area contributed by atoms with Crippen molar-refractivity contribution in [2.45, 2.75) is 58.0 Å². The lowest BCUT2D eigenvalue weighted by atomic mass is 10.1. The molecule has 0 unspecified atom stereocenters. The highest BCUT2D eigenvalue weighted by atomic mass is 16.5. The maximum absolute atomic E-state index is 12.3. The Bertz CT molecular complexity index is 705. The second-order valence-electron chi connectivity index (χ2n) is 6.73. The van der Waals surface area contributed by atoms with Crippen LogP contribution in [0.15, 0.2) is 48.5 Å². The van der Waals surface area contributed by atoms with E-state index in [0.717, 1.165) is 42.7 Å². The summed E-state index contributed by atoms with van der Waals surface area (Å²) >= 11 is 0. The van der Waals surface area contributed by atoms with Gasteiger partial charge < -0.3 is 10.1 Å². The van der Waals surface area contributed by atoms with E-state index < -0.39 is 0 Å². The van der Waals surface area contributed by atoms with E-state index >= 15 is 0 Å². The van der Waals surface area contributed by atoms with Crippen molar-refractivity contribution < 1.29 is 9.53 Å². The van der Waals surface area contributed by atoms with Crippen LogP contribution in [0.5, 0.6) is 5.75 Å². The van der Waals surface area contributed by atoms with E-state index in [9.17, 15) is 4.79 Å². The first-order chi connectivity index (χ1) is 12.2. The monoisotopic (exact) mass is 337 g/mol. The van der Waals surface area contributed by atoms with Crippen LogP contribution < -0.4 is 10.1 Å². The van der Waals surface area contributed by atoms with Crippen molar-refractivity contribution in [2.24, 2.45) is 0 Å².